The standard InChI is InChI=1S/C15H19ClFNO2/c1-2-15(14(19)20)7-4-8-18(10-15)9-11-12(16)5-3-6-13(11)17/h3,5-6H,2,4,7-10H2,1H3,(H,19,20). The molecule has 1 heterocycles. The highest BCUT2D eigenvalue weighted by Gasteiger charge is 2.40. The minimum absolute atomic E-state index is 0.333. The Balaban J connectivity index is 2.16. The summed E-state index contributed by atoms with van der Waals surface area (Å²) in [5.41, 5.74) is -0.262. The summed E-state index contributed by atoms with van der Waals surface area (Å²) in [6.07, 6.45) is 2.08. The van der Waals surface area contributed by atoms with E-state index < -0.39 is 11.4 Å². The molecule has 0 saturated carbocycles. The van der Waals surface area contributed by atoms with Gasteiger partial charge in [0, 0.05) is 23.7 Å². The third-order valence-corrected chi connectivity index (χ3v) is 4.58. The first-order chi connectivity index (χ1) is 9.48. The van der Waals surface area contributed by atoms with Crippen LogP contribution in [-0.4, -0.2) is 29.1 Å². The number of rotatable bonds is 4. The molecule has 0 amide bonds. The minimum Gasteiger partial charge on any atom is -0.481 e. The van der Waals surface area contributed by atoms with E-state index in [4.69, 9.17) is 11.6 Å². The first-order valence-electron chi connectivity index (χ1n) is 6.87. The van der Waals surface area contributed by atoms with Crippen molar-refractivity contribution in [2.75, 3.05) is 13.1 Å². The van der Waals surface area contributed by atoms with E-state index in [2.05, 4.69) is 0 Å². The van der Waals surface area contributed by atoms with E-state index in [-0.39, 0.29) is 5.82 Å². The van der Waals surface area contributed by atoms with Crippen molar-refractivity contribution in [3.05, 3.63) is 34.6 Å². The third kappa shape index (κ3) is 2.96. The monoisotopic (exact) mass is 299 g/mol. The van der Waals surface area contributed by atoms with Crippen molar-refractivity contribution >= 4 is 17.6 Å². The minimum atomic E-state index is -0.760. The van der Waals surface area contributed by atoms with Gasteiger partial charge < -0.3 is 5.11 Å². The second-order valence-electron chi connectivity index (χ2n) is 5.45. The highest BCUT2D eigenvalue weighted by Crippen LogP contribution is 2.35. The maximum Gasteiger partial charge on any atom is 0.310 e. The zero-order valence-electron chi connectivity index (χ0n) is 11.5. The number of carboxylic acid groups (broad SMARTS) is 1. The first kappa shape index (κ1) is 15.3. The Morgan fingerprint density at radius 2 is 2.30 bits per heavy atom. The molecule has 110 valence electrons. The number of carboxylic acids is 1. The zero-order valence-corrected chi connectivity index (χ0v) is 12.3. The Labute approximate surface area is 123 Å². The van der Waals surface area contributed by atoms with Crippen molar-refractivity contribution in [1.82, 2.24) is 4.90 Å². The van der Waals surface area contributed by atoms with Gasteiger partial charge in [0.25, 0.3) is 0 Å². The van der Waals surface area contributed by atoms with Crippen LogP contribution in [0.15, 0.2) is 18.2 Å². The second kappa shape index (κ2) is 6.10. The summed E-state index contributed by atoms with van der Waals surface area (Å²) >= 11 is 6.03. The van der Waals surface area contributed by atoms with Crippen LogP contribution in [0.2, 0.25) is 5.02 Å². The van der Waals surface area contributed by atoms with Crippen molar-refractivity contribution in [2.24, 2.45) is 5.41 Å². The van der Waals surface area contributed by atoms with E-state index in [9.17, 15) is 14.3 Å². The Hall–Kier alpha value is -1.13. The summed E-state index contributed by atoms with van der Waals surface area (Å²) in [7, 11) is 0. The smallest absolute Gasteiger partial charge is 0.310 e. The van der Waals surface area contributed by atoms with Crippen molar-refractivity contribution in [1.29, 1.82) is 0 Å². The SMILES string of the molecule is CCC1(C(=O)O)CCCN(Cc2c(F)cccc2Cl)C1. The van der Waals surface area contributed by atoms with Gasteiger partial charge in [-0.15, -0.1) is 0 Å². The molecular weight excluding hydrogens is 281 g/mol. The van der Waals surface area contributed by atoms with Gasteiger partial charge in [-0.3, -0.25) is 9.69 Å². The topological polar surface area (TPSA) is 40.5 Å². The number of hydrogen-bond donors (Lipinski definition) is 1. The summed E-state index contributed by atoms with van der Waals surface area (Å²) in [5, 5.41) is 9.85. The number of piperidine rings is 1. The predicted molar refractivity (Wildman–Crippen MR) is 76.3 cm³/mol. The van der Waals surface area contributed by atoms with E-state index in [0.717, 1.165) is 13.0 Å². The lowest BCUT2D eigenvalue weighted by molar-refractivity contribution is -0.153. The maximum absolute atomic E-state index is 13.8. The molecule has 1 unspecified atom stereocenters. The van der Waals surface area contributed by atoms with Crippen LogP contribution in [0.4, 0.5) is 4.39 Å². The molecule has 2 rings (SSSR count). The first-order valence-corrected chi connectivity index (χ1v) is 7.25. The maximum atomic E-state index is 13.8. The van der Waals surface area contributed by atoms with Crippen molar-refractivity contribution in [2.45, 2.75) is 32.7 Å². The number of aliphatic carboxylic acids is 1. The molecule has 20 heavy (non-hydrogen) atoms. The van der Waals surface area contributed by atoms with Crippen LogP contribution < -0.4 is 0 Å². The molecule has 0 aliphatic carbocycles. The number of hydrogen-bond acceptors (Lipinski definition) is 2. The molecule has 1 N–H and O–H groups in total. The quantitative estimate of drug-likeness (QED) is 0.924. The Bertz CT molecular complexity index is 488. The van der Waals surface area contributed by atoms with Gasteiger partial charge in [-0.25, -0.2) is 4.39 Å². The van der Waals surface area contributed by atoms with Crippen molar-refractivity contribution in [3.8, 4) is 0 Å². The van der Waals surface area contributed by atoms with Gasteiger partial charge in [0.15, 0.2) is 0 Å². The lowest BCUT2D eigenvalue weighted by atomic mass is 9.77. The van der Waals surface area contributed by atoms with Crippen LogP contribution in [-0.2, 0) is 11.3 Å². The lowest BCUT2D eigenvalue weighted by Crippen LogP contribution is -2.47. The largest absolute Gasteiger partial charge is 0.481 e. The predicted octanol–water partition coefficient (Wildman–Crippen LogP) is 3.56. The molecule has 1 aliphatic rings. The van der Waals surface area contributed by atoms with Gasteiger partial charge in [0.05, 0.1) is 5.41 Å². The van der Waals surface area contributed by atoms with E-state index in [1.807, 2.05) is 11.8 Å². The highest BCUT2D eigenvalue weighted by molar-refractivity contribution is 6.31. The van der Waals surface area contributed by atoms with Gasteiger partial charge in [-0.05, 0) is 37.9 Å². The Morgan fingerprint density at radius 3 is 2.90 bits per heavy atom. The van der Waals surface area contributed by atoms with E-state index >= 15 is 0 Å². The number of carbonyl (C=O) groups is 1. The molecule has 1 atom stereocenters. The van der Waals surface area contributed by atoms with Crippen molar-refractivity contribution < 1.29 is 14.3 Å². The Kier molecular flexibility index (Phi) is 4.66. The summed E-state index contributed by atoms with van der Waals surface area (Å²) in [5.74, 6) is -1.09. The van der Waals surface area contributed by atoms with E-state index in [1.165, 1.54) is 6.07 Å². The molecule has 0 aromatic heterocycles. The number of nitrogens with zero attached hydrogens (tertiary/aromatic N) is 1. The summed E-state index contributed by atoms with van der Waals surface area (Å²) in [6, 6.07) is 4.62. The fourth-order valence-corrected chi connectivity index (χ4v) is 3.11. The molecule has 1 aromatic rings. The van der Waals surface area contributed by atoms with Crippen LogP contribution in [0.5, 0.6) is 0 Å². The zero-order chi connectivity index (χ0) is 14.8. The van der Waals surface area contributed by atoms with Gasteiger partial charge in [0.1, 0.15) is 5.82 Å². The summed E-state index contributed by atoms with van der Waals surface area (Å²) in [6.45, 7) is 3.48. The molecule has 5 heteroatoms. The molecule has 0 bridgehead atoms. The highest BCUT2D eigenvalue weighted by atomic mass is 35.5. The molecule has 1 fully saturated rings. The molecule has 0 spiro atoms. The second-order valence-corrected chi connectivity index (χ2v) is 5.86. The Morgan fingerprint density at radius 1 is 1.55 bits per heavy atom. The van der Waals surface area contributed by atoms with E-state index in [1.54, 1.807) is 12.1 Å². The average molecular weight is 300 g/mol. The number of halogens is 2. The molecule has 1 aromatic carbocycles. The van der Waals surface area contributed by atoms with Crippen molar-refractivity contribution in [3.63, 3.8) is 0 Å². The van der Waals surface area contributed by atoms with Gasteiger partial charge >= 0.3 is 5.97 Å². The molecule has 1 aliphatic heterocycles. The van der Waals surface area contributed by atoms with Crippen LogP contribution in [0.3, 0.4) is 0 Å². The van der Waals surface area contributed by atoms with Crippen LogP contribution in [0.1, 0.15) is 31.7 Å². The van der Waals surface area contributed by atoms with Crippen LogP contribution in [0.25, 0.3) is 0 Å². The number of benzene rings is 1. The summed E-state index contributed by atoms with van der Waals surface area (Å²) < 4.78 is 13.8. The van der Waals surface area contributed by atoms with Crippen LogP contribution in [0, 0.1) is 11.2 Å². The van der Waals surface area contributed by atoms with Gasteiger partial charge in [-0.1, -0.05) is 24.6 Å². The third-order valence-electron chi connectivity index (χ3n) is 4.23. The van der Waals surface area contributed by atoms with Gasteiger partial charge in [0.2, 0.25) is 0 Å². The lowest BCUT2D eigenvalue weighted by Gasteiger charge is -2.39. The van der Waals surface area contributed by atoms with Crippen LogP contribution >= 0.6 is 11.6 Å². The fraction of sp³-hybridized carbons (Fsp3) is 0.533. The molecular formula is C15H19ClFNO2. The molecule has 0 radical (unpaired) electrons. The summed E-state index contributed by atoms with van der Waals surface area (Å²) in [4.78, 5) is 13.5. The normalized spacial score (nSPS) is 23.8. The molecule has 1 saturated heterocycles. The number of likely N-dealkylation sites (tertiary alicyclic amines) is 1. The van der Waals surface area contributed by atoms with E-state index in [0.29, 0.717) is 36.5 Å². The average Bonchev–Trinajstić information content (AvgIpc) is 2.43. The fourth-order valence-electron chi connectivity index (χ4n) is 2.88. The van der Waals surface area contributed by atoms with Gasteiger partial charge in [-0.2, -0.15) is 0 Å². The molecule has 3 nitrogen and oxygen atoms in total.